The van der Waals surface area contributed by atoms with Crippen LogP contribution in [0.15, 0.2) is 54.6 Å². The van der Waals surface area contributed by atoms with Crippen LogP contribution in [-0.4, -0.2) is 43.9 Å². The van der Waals surface area contributed by atoms with Gasteiger partial charge in [0.25, 0.3) is 0 Å². The fourth-order valence-electron chi connectivity index (χ4n) is 4.26. The van der Waals surface area contributed by atoms with Crippen molar-refractivity contribution >= 4 is 15.9 Å². The standard InChI is InChI=1S/C22H26N2O3S/c25-22(23-16-17-11-14-28(26,27)15-12-17)24-13-10-18-6-4-5-9-20(18)21(24)19-7-2-1-3-8-19/h1-9,17,21H,10-16H2,(H,23,25)/t21-/m0/s1. The molecule has 1 N–H and O–H groups in total. The zero-order valence-corrected chi connectivity index (χ0v) is 16.7. The third-order valence-electron chi connectivity index (χ3n) is 5.88. The highest BCUT2D eigenvalue weighted by molar-refractivity contribution is 7.91. The lowest BCUT2D eigenvalue weighted by atomic mass is 9.88. The molecule has 1 atom stereocenters. The lowest BCUT2D eigenvalue weighted by Gasteiger charge is -2.38. The smallest absolute Gasteiger partial charge is 0.318 e. The first-order valence-electron chi connectivity index (χ1n) is 9.91. The minimum atomic E-state index is -2.88. The fraction of sp³-hybridized carbons (Fsp3) is 0.409. The van der Waals surface area contributed by atoms with Crippen LogP contribution in [0.3, 0.4) is 0 Å². The molecule has 28 heavy (non-hydrogen) atoms. The van der Waals surface area contributed by atoms with Gasteiger partial charge in [-0.1, -0.05) is 54.6 Å². The summed E-state index contributed by atoms with van der Waals surface area (Å²) in [4.78, 5) is 15.0. The second kappa shape index (κ2) is 7.95. The molecule has 1 saturated heterocycles. The molecule has 2 aromatic rings. The van der Waals surface area contributed by atoms with E-state index in [0.717, 1.165) is 12.0 Å². The van der Waals surface area contributed by atoms with Gasteiger partial charge < -0.3 is 10.2 Å². The normalized spacial score (nSPS) is 21.7. The zero-order chi connectivity index (χ0) is 19.6. The maximum absolute atomic E-state index is 13.1. The van der Waals surface area contributed by atoms with Crippen LogP contribution in [-0.2, 0) is 16.3 Å². The van der Waals surface area contributed by atoms with Crippen molar-refractivity contribution in [2.75, 3.05) is 24.6 Å². The molecule has 0 aromatic heterocycles. The lowest BCUT2D eigenvalue weighted by molar-refractivity contribution is 0.178. The van der Waals surface area contributed by atoms with Crippen LogP contribution >= 0.6 is 0 Å². The van der Waals surface area contributed by atoms with E-state index in [-0.39, 0.29) is 29.5 Å². The van der Waals surface area contributed by atoms with E-state index in [2.05, 4.69) is 29.6 Å². The summed E-state index contributed by atoms with van der Waals surface area (Å²) in [7, 11) is -2.88. The van der Waals surface area contributed by atoms with Gasteiger partial charge in [-0.2, -0.15) is 0 Å². The summed E-state index contributed by atoms with van der Waals surface area (Å²) >= 11 is 0. The van der Waals surface area contributed by atoms with Crippen molar-refractivity contribution in [3.05, 3.63) is 71.3 Å². The third-order valence-corrected chi connectivity index (χ3v) is 7.59. The van der Waals surface area contributed by atoms with Gasteiger partial charge in [-0.3, -0.25) is 0 Å². The molecule has 2 heterocycles. The van der Waals surface area contributed by atoms with E-state index in [1.165, 1.54) is 11.1 Å². The van der Waals surface area contributed by atoms with Gasteiger partial charge in [0, 0.05) is 13.1 Å². The summed E-state index contributed by atoms with van der Waals surface area (Å²) in [6, 6.07) is 18.3. The SMILES string of the molecule is O=C(NCC1CCS(=O)(=O)CC1)N1CCc2ccccc2[C@@H]1c1ccccc1. The molecule has 0 radical (unpaired) electrons. The summed E-state index contributed by atoms with van der Waals surface area (Å²) in [5.41, 5.74) is 3.57. The molecule has 2 aliphatic heterocycles. The number of nitrogens with one attached hydrogen (secondary N) is 1. The van der Waals surface area contributed by atoms with Gasteiger partial charge in [0.15, 0.2) is 0 Å². The number of fused-ring (bicyclic) bond motifs is 1. The Balaban J connectivity index is 1.50. The molecule has 2 aromatic carbocycles. The molecule has 0 saturated carbocycles. The highest BCUT2D eigenvalue weighted by Gasteiger charge is 2.32. The number of carbonyl (C=O) groups excluding carboxylic acids is 1. The van der Waals surface area contributed by atoms with Crippen LogP contribution in [0, 0.1) is 5.92 Å². The molecule has 5 nitrogen and oxygen atoms in total. The number of benzene rings is 2. The van der Waals surface area contributed by atoms with Crippen LogP contribution in [0.4, 0.5) is 4.79 Å². The average Bonchev–Trinajstić information content (AvgIpc) is 2.72. The Hall–Kier alpha value is -2.34. The molecule has 148 valence electrons. The Kier molecular flexibility index (Phi) is 5.40. The number of amides is 2. The highest BCUT2D eigenvalue weighted by Crippen LogP contribution is 2.35. The molecular formula is C22H26N2O3S. The van der Waals surface area contributed by atoms with Crippen LogP contribution in [0.2, 0.25) is 0 Å². The number of nitrogens with zero attached hydrogens (tertiary/aromatic N) is 1. The maximum atomic E-state index is 13.1. The quantitative estimate of drug-likeness (QED) is 0.864. The zero-order valence-electron chi connectivity index (χ0n) is 15.9. The Morgan fingerprint density at radius 3 is 2.43 bits per heavy atom. The van der Waals surface area contributed by atoms with Gasteiger partial charge in [0.1, 0.15) is 9.84 Å². The first-order valence-corrected chi connectivity index (χ1v) is 11.7. The summed E-state index contributed by atoms with van der Waals surface area (Å²) in [6.07, 6.45) is 2.11. The number of hydrogen-bond acceptors (Lipinski definition) is 3. The number of rotatable bonds is 3. The monoisotopic (exact) mass is 398 g/mol. The van der Waals surface area contributed by atoms with E-state index in [1.54, 1.807) is 0 Å². The van der Waals surface area contributed by atoms with Crippen molar-refractivity contribution in [3.63, 3.8) is 0 Å². The molecular weight excluding hydrogens is 372 g/mol. The first kappa shape index (κ1) is 19.0. The second-order valence-corrected chi connectivity index (χ2v) is 10.0. The van der Waals surface area contributed by atoms with Crippen LogP contribution in [0.5, 0.6) is 0 Å². The van der Waals surface area contributed by atoms with Gasteiger partial charge in [0.2, 0.25) is 0 Å². The van der Waals surface area contributed by atoms with Crippen LogP contribution in [0.1, 0.15) is 35.6 Å². The summed E-state index contributed by atoms with van der Waals surface area (Å²) in [6.45, 7) is 1.20. The van der Waals surface area contributed by atoms with E-state index in [0.29, 0.717) is 25.9 Å². The summed E-state index contributed by atoms with van der Waals surface area (Å²) in [5, 5.41) is 3.07. The molecule has 2 aliphatic rings. The van der Waals surface area contributed by atoms with E-state index in [4.69, 9.17) is 0 Å². The van der Waals surface area contributed by atoms with E-state index in [9.17, 15) is 13.2 Å². The summed E-state index contributed by atoms with van der Waals surface area (Å²) < 4.78 is 23.2. The molecule has 1 fully saturated rings. The number of hydrogen-bond donors (Lipinski definition) is 1. The Morgan fingerprint density at radius 2 is 1.68 bits per heavy atom. The predicted octanol–water partition coefficient (Wildman–Crippen LogP) is 3.17. The largest absolute Gasteiger partial charge is 0.338 e. The third kappa shape index (κ3) is 4.07. The topological polar surface area (TPSA) is 66.5 Å². The number of sulfone groups is 1. The van der Waals surface area contributed by atoms with Crippen LogP contribution in [0.25, 0.3) is 0 Å². The molecule has 0 aliphatic carbocycles. The molecule has 6 heteroatoms. The van der Waals surface area contributed by atoms with E-state index >= 15 is 0 Å². The molecule has 4 rings (SSSR count). The first-order chi connectivity index (χ1) is 13.5. The van der Waals surface area contributed by atoms with Crippen molar-refractivity contribution in [2.45, 2.75) is 25.3 Å². The molecule has 0 bridgehead atoms. The van der Waals surface area contributed by atoms with Gasteiger partial charge in [-0.25, -0.2) is 13.2 Å². The van der Waals surface area contributed by atoms with Crippen molar-refractivity contribution in [3.8, 4) is 0 Å². The van der Waals surface area contributed by atoms with Gasteiger partial charge in [-0.05, 0) is 41.9 Å². The minimum absolute atomic E-state index is 0.0724. The Labute approximate surface area is 166 Å². The predicted molar refractivity (Wildman–Crippen MR) is 110 cm³/mol. The van der Waals surface area contributed by atoms with Crippen molar-refractivity contribution in [2.24, 2.45) is 5.92 Å². The number of urea groups is 1. The molecule has 0 spiro atoms. The minimum Gasteiger partial charge on any atom is -0.338 e. The van der Waals surface area contributed by atoms with Crippen molar-refractivity contribution < 1.29 is 13.2 Å². The highest BCUT2D eigenvalue weighted by atomic mass is 32.2. The van der Waals surface area contributed by atoms with Gasteiger partial charge in [-0.15, -0.1) is 0 Å². The maximum Gasteiger partial charge on any atom is 0.318 e. The van der Waals surface area contributed by atoms with Gasteiger partial charge >= 0.3 is 6.03 Å². The summed E-state index contributed by atoms with van der Waals surface area (Å²) in [5.74, 6) is 0.703. The van der Waals surface area contributed by atoms with Crippen molar-refractivity contribution in [1.29, 1.82) is 0 Å². The van der Waals surface area contributed by atoms with E-state index in [1.807, 2.05) is 35.2 Å². The molecule has 2 amide bonds. The fourth-order valence-corrected chi connectivity index (χ4v) is 5.85. The van der Waals surface area contributed by atoms with Crippen molar-refractivity contribution in [1.82, 2.24) is 10.2 Å². The van der Waals surface area contributed by atoms with E-state index < -0.39 is 9.84 Å². The molecule has 0 unspecified atom stereocenters. The Bertz CT molecular complexity index is 929. The second-order valence-electron chi connectivity index (χ2n) is 7.74. The lowest BCUT2D eigenvalue weighted by Crippen LogP contribution is -2.47. The number of carbonyl (C=O) groups is 1. The average molecular weight is 399 g/mol. The van der Waals surface area contributed by atoms with Gasteiger partial charge in [0.05, 0.1) is 17.5 Å². The van der Waals surface area contributed by atoms with Crippen LogP contribution < -0.4 is 5.32 Å². The Morgan fingerprint density at radius 1 is 1.00 bits per heavy atom.